The van der Waals surface area contributed by atoms with Crippen molar-refractivity contribution in [2.45, 2.75) is 30.7 Å². The average molecular weight is 350 g/mol. The molecule has 0 bridgehead atoms. The molecule has 106 valence electrons. The third-order valence-corrected chi connectivity index (χ3v) is 5.35. The van der Waals surface area contributed by atoms with Gasteiger partial charge in [0, 0.05) is 21.2 Å². The second-order valence-corrected chi connectivity index (χ2v) is 6.76. The number of halogens is 1. The summed E-state index contributed by atoms with van der Waals surface area (Å²) in [4.78, 5) is 1.24. The second kappa shape index (κ2) is 7.87. The Morgan fingerprint density at radius 1 is 1.10 bits per heavy atom. The molecular formula is C17H20BrNS. The first-order valence-corrected chi connectivity index (χ1v) is 8.70. The van der Waals surface area contributed by atoms with Gasteiger partial charge < -0.3 is 5.73 Å². The maximum absolute atomic E-state index is 6.28. The molecule has 0 amide bonds. The molecule has 20 heavy (non-hydrogen) atoms. The van der Waals surface area contributed by atoms with Crippen LogP contribution in [0.4, 0.5) is 0 Å². The van der Waals surface area contributed by atoms with Gasteiger partial charge in [0.25, 0.3) is 0 Å². The van der Waals surface area contributed by atoms with E-state index in [-0.39, 0.29) is 6.04 Å². The zero-order chi connectivity index (χ0) is 14.4. The quantitative estimate of drug-likeness (QED) is 0.725. The minimum atomic E-state index is 0.0720. The fourth-order valence-corrected chi connectivity index (χ4v) is 3.62. The zero-order valence-corrected chi connectivity index (χ0v) is 14.1. The lowest BCUT2D eigenvalue weighted by atomic mass is 10.0. The lowest BCUT2D eigenvalue weighted by molar-refractivity contribution is 0.828. The lowest BCUT2D eigenvalue weighted by Crippen LogP contribution is -2.12. The minimum Gasteiger partial charge on any atom is -0.323 e. The summed E-state index contributed by atoms with van der Waals surface area (Å²) in [7, 11) is 0. The molecule has 0 fully saturated rings. The smallest absolute Gasteiger partial charge is 0.0390 e. The van der Waals surface area contributed by atoms with Gasteiger partial charge >= 0.3 is 0 Å². The van der Waals surface area contributed by atoms with Crippen LogP contribution >= 0.6 is 27.7 Å². The largest absolute Gasteiger partial charge is 0.323 e. The molecule has 2 aromatic rings. The van der Waals surface area contributed by atoms with E-state index in [0.29, 0.717) is 0 Å². The van der Waals surface area contributed by atoms with Crippen molar-refractivity contribution in [1.82, 2.24) is 0 Å². The Morgan fingerprint density at radius 3 is 2.45 bits per heavy atom. The predicted molar refractivity (Wildman–Crippen MR) is 92.2 cm³/mol. The Bertz CT molecular complexity index is 539. The Balaban J connectivity index is 1.94. The molecule has 0 aliphatic heterocycles. The molecular weight excluding hydrogens is 330 g/mol. The number of nitrogens with two attached hydrogens (primary N) is 1. The number of aryl methyl sites for hydroxylation is 1. The van der Waals surface area contributed by atoms with Crippen molar-refractivity contribution in [2.24, 2.45) is 5.73 Å². The molecule has 1 nitrogen and oxygen atoms in total. The molecule has 0 saturated heterocycles. The Labute approximate surface area is 134 Å². The van der Waals surface area contributed by atoms with Crippen LogP contribution in [-0.4, -0.2) is 5.75 Å². The van der Waals surface area contributed by atoms with E-state index in [2.05, 4.69) is 65.3 Å². The summed E-state index contributed by atoms with van der Waals surface area (Å²) in [5.41, 5.74) is 8.88. The van der Waals surface area contributed by atoms with Crippen LogP contribution in [0.3, 0.4) is 0 Å². The monoisotopic (exact) mass is 349 g/mol. The van der Waals surface area contributed by atoms with E-state index in [4.69, 9.17) is 5.73 Å². The maximum atomic E-state index is 6.28. The summed E-state index contributed by atoms with van der Waals surface area (Å²) in [6.45, 7) is 2.20. The van der Waals surface area contributed by atoms with Gasteiger partial charge in [-0.3, -0.25) is 0 Å². The van der Waals surface area contributed by atoms with Crippen LogP contribution in [0.5, 0.6) is 0 Å². The Morgan fingerprint density at radius 2 is 1.80 bits per heavy atom. The highest BCUT2D eigenvalue weighted by molar-refractivity contribution is 9.10. The van der Waals surface area contributed by atoms with Crippen LogP contribution in [0, 0.1) is 0 Å². The van der Waals surface area contributed by atoms with Crippen molar-refractivity contribution in [3.8, 4) is 0 Å². The fraction of sp³-hybridized carbons (Fsp3) is 0.294. The lowest BCUT2D eigenvalue weighted by Gasteiger charge is -2.13. The van der Waals surface area contributed by atoms with Crippen LogP contribution in [-0.2, 0) is 6.42 Å². The van der Waals surface area contributed by atoms with Crippen molar-refractivity contribution >= 4 is 27.7 Å². The molecule has 1 atom stereocenters. The summed E-state index contributed by atoms with van der Waals surface area (Å²) in [5, 5.41) is 0. The van der Waals surface area contributed by atoms with Gasteiger partial charge in [0.15, 0.2) is 0 Å². The van der Waals surface area contributed by atoms with Crippen LogP contribution in [0.25, 0.3) is 0 Å². The van der Waals surface area contributed by atoms with E-state index in [1.54, 1.807) is 11.8 Å². The summed E-state index contributed by atoms with van der Waals surface area (Å²) in [5.74, 6) is 0.885. The summed E-state index contributed by atoms with van der Waals surface area (Å²) >= 11 is 5.36. The summed E-state index contributed by atoms with van der Waals surface area (Å²) in [6, 6.07) is 17.1. The number of hydrogen-bond acceptors (Lipinski definition) is 2. The van der Waals surface area contributed by atoms with Crippen molar-refractivity contribution in [3.05, 3.63) is 64.1 Å². The molecule has 0 radical (unpaired) electrons. The van der Waals surface area contributed by atoms with E-state index < -0.39 is 0 Å². The molecule has 0 aromatic heterocycles. The maximum Gasteiger partial charge on any atom is 0.0390 e. The number of thioether (sulfide) groups is 1. The third kappa shape index (κ3) is 4.37. The van der Waals surface area contributed by atoms with E-state index in [0.717, 1.165) is 16.6 Å². The first-order chi connectivity index (χ1) is 9.70. The van der Waals surface area contributed by atoms with Gasteiger partial charge in [-0.05, 0) is 45.6 Å². The molecule has 0 aliphatic rings. The highest BCUT2D eigenvalue weighted by atomic mass is 79.9. The number of rotatable bonds is 6. The highest BCUT2D eigenvalue weighted by Crippen LogP contribution is 2.29. The van der Waals surface area contributed by atoms with E-state index in [1.165, 1.54) is 22.4 Å². The topological polar surface area (TPSA) is 26.0 Å². The number of benzene rings is 2. The third-order valence-electron chi connectivity index (χ3n) is 3.20. The molecule has 0 spiro atoms. The molecule has 0 heterocycles. The summed E-state index contributed by atoms with van der Waals surface area (Å²) in [6.07, 6.45) is 2.32. The fourth-order valence-electron chi connectivity index (χ4n) is 2.06. The molecule has 3 heteroatoms. The van der Waals surface area contributed by atoms with Crippen LogP contribution in [0.15, 0.2) is 57.9 Å². The van der Waals surface area contributed by atoms with Crippen LogP contribution in [0.2, 0.25) is 0 Å². The van der Waals surface area contributed by atoms with Gasteiger partial charge in [-0.15, -0.1) is 11.8 Å². The van der Waals surface area contributed by atoms with E-state index >= 15 is 0 Å². The van der Waals surface area contributed by atoms with Gasteiger partial charge in [0.1, 0.15) is 0 Å². The molecule has 1 unspecified atom stereocenters. The van der Waals surface area contributed by atoms with E-state index in [1.807, 2.05) is 6.07 Å². The van der Waals surface area contributed by atoms with Crippen LogP contribution in [0.1, 0.15) is 30.5 Å². The summed E-state index contributed by atoms with van der Waals surface area (Å²) < 4.78 is 1.13. The van der Waals surface area contributed by atoms with E-state index in [9.17, 15) is 0 Å². The normalized spacial score (nSPS) is 12.3. The average Bonchev–Trinajstić information content (AvgIpc) is 2.47. The van der Waals surface area contributed by atoms with Gasteiger partial charge in [0.05, 0.1) is 0 Å². The highest BCUT2D eigenvalue weighted by Gasteiger charge is 2.08. The minimum absolute atomic E-state index is 0.0720. The molecule has 2 N–H and O–H groups in total. The van der Waals surface area contributed by atoms with Crippen molar-refractivity contribution in [3.63, 3.8) is 0 Å². The van der Waals surface area contributed by atoms with Gasteiger partial charge in [-0.2, -0.15) is 0 Å². The van der Waals surface area contributed by atoms with Crippen molar-refractivity contribution in [2.75, 3.05) is 5.75 Å². The first-order valence-electron chi connectivity index (χ1n) is 6.92. The molecule has 2 rings (SSSR count). The first kappa shape index (κ1) is 15.6. The van der Waals surface area contributed by atoms with Crippen molar-refractivity contribution in [1.29, 1.82) is 0 Å². The standard InChI is InChI=1S/C17H20BrNS/c1-2-5-13-8-10-14(11-9-13)16(19)12-20-17-7-4-3-6-15(17)18/h3-4,6-11,16H,2,5,12,19H2,1H3. The van der Waals surface area contributed by atoms with Gasteiger partial charge in [-0.25, -0.2) is 0 Å². The number of hydrogen-bond donors (Lipinski definition) is 1. The molecule has 2 aromatic carbocycles. The molecule has 0 saturated carbocycles. The predicted octanol–water partition coefficient (Wildman–Crippen LogP) is 5.19. The SMILES string of the molecule is CCCc1ccc(C(N)CSc2ccccc2Br)cc1. The van der Waals surface area contributed by atoms with Crippen molar-refractivity contribution < 1.29 is 0 Å². The Kier molecular flexibility index (Phi) is 6.14. The molecule has 0 aliphatic carbocycles. The Hall–Kier alpha value is -0.770. The van der Waals surface area contributed by atoms with Gasteiger partial charge in [0.2, 0.25) is 0 Å². The second-order valence-electron chi connectivity index (χ2n) is 4.84. The van der Waals surface area contributed by atoms with Gasteiger partial charge in [-0.1, -0.05) is 49.7 Å². The van der Waals surface area contributed by atoms with Crippen LogP contribution < -0.4 is 5.73 Å². The zero-order valence-electron chi connectivity index (χ0n) is 11.7.